The first kappa shape index (κ1) is 19.3. The molecule has 6 heteroatoms. The van der Waals surface area contributed by atoms with Crippen molar-refractivity contribution in [2.24, 2.45) is 18.0 Å². The maximum atomic E-state index is 4.87. The van der Waals surface area contributed by atoms with Crippen LogP contribution in [0.4, 0.5) is 0 Å². The molecule has 1 aromatic heterocycles. The van der Waals surface area contributed by atoms with Gasteiger partial charge >= 0.3 is 0 Å². The van der Waals surface area contributed by atoms with E-state index in [4.69, 9.17) is 4.99 Å². The highest BCUT2D eigenvalue weighted by atomic mass is 79.9. The lowest BCUT2D eigenvalue weighted by Crippen LogP contribution is -2.39. The van der Waals surface area contributed by atoms with Crippen LogP contribution in [0.1, 0.15) is 32.4 Å². The van der Waals surface area contributed by atoms with Crippen LogP contribution in [0.5, 0.6) is 0 Å². The number of rotatable bonds is 7. The number of aryl methyl sites for hydroxylation is 1. The molecule has 0 spiro atoms. The molecule has 0 amide bonds. The van der Waals surface area contributed by atoms with E-state index >= 15 is 0 Å². The quantitative estimate of drug-likeness (QED) is 0.567. The summed E-state index contributed by atoms with van der Waals surface area (Å²) < 4.78 is 3.27. The van der Waals surface area contributed by atoms with E-state index in [-0.39, 0.29) is 0 Å². The number of guanidine groups is 1. The molecule has 1 fully saturated rings. The van der Waals surface area contributed by atoms with Crippen molar-refractivity contribution in [1.29, 1.82) is 0 Å². The zero-order chi connectivity index (χ0) is 17.5. The first-order valence-electron chi connectivity index (χ1n) is 9.02. The van der Waals surface area contributed by atoms with Gasteiger partial charge in [0.2, 0.25) is 0 Å². The molecule has 1 aromatic rings. The number of likely N-dealkylation sites (tertiary alicyclic amines) is 1. The highest BCUT2D eigenvalue weighted by Gasteiger charge is 2.15. The van der Waals surface area contributed by atoms with Gasteiger partial charge < -0.3 is 19.7 Å². The molecule has 1 saturated heterocycles. The minimum absolute atomic E-state index is 0.592. The van der Waals surface area contributed by atoms with Crippen molar-refractivity contribution in [3.8, 4) is 0 Å². The van der Waals surface area contributed by atoms with Gasteiger partial charge in [-0.05, 0) is 60.8 Å². The van der Waals surface area contributed by atoms with E-state index < -0.39 is 0 Å². The number of aromatic nitrogens is 1. The Hall–Kier alpha value is -1.01. The second-order valence-corrected chi connectivity index (χ2v) is 7.84. The summed E-state index contributed by atoms with van der Waals surface area (Å²) in [6.07, 6.45) is 4.80. The third-order valence-electron chi connectivity index (χ3n) is 4.49. The van der Waals surface area contributed by atoms with Crippen molar-refractivity contribution in [2.45, 2.75) is 33.2 Å². The lowest BCUT2D eigenvalue weighted by molar-refractivity contribution is 0.291. The fourth-order valence-electron chi connectivity index (χ4n) is 3.22. The topological polar surface area (TPSA) is 35.8 Å². The van der Waals surface area contributed by atoms with E-state index in [9.17, 15) is 0 Å². The molecule has 2 heterocycles. The number of nitrogens with zero attached hydrogens (tertiary/aromatic N) is 4. The van der Waals surface area contributed by atoms with Gasteiger partial charge in [0, 0.05) is 50.1 Å². The van der Waals surface area contributed by atoms with Crippen LogP contribution in [0.3, 0.4) is 0 Å². The van der Waals surface area contributed by atoms with Crippen LogP contribution in [0, 0.1) is 5.92 Å². The van der Waals surface area contributed by atoms with Crippen molar-refractivity contribution >= 4 is 21.9 Å². The zero-order valence-corrected chi connectivity index (χ0v) is 17.1. The highest BCUT2D eigenvalue weighted by molar-refractivity contribution is 9.10. The Morgan fingerprint density at radius 2 is 2.12 bits per heavy atom. The van der Waals surface area contributed by atoms with E-state index in [1.807, 2.05) is 0 Å². The molecule has 0 radical (unpaired) electrons. The van der Waals surface area contributed by atoms with E-state index in [0.717, 1.165) is 36.6 Å². The van der Waals surface area contributed by atoms with Gasteiger partial charge in [-0.15, -0.1) is 0 Å². The van der Waals surface area contributed by atoms with Gasteiger partial charge in [-0.2, -0.15) is 0 Å². The highest BCUT2D eigenvalue weighted by Crippen LogP contribution is 2.15. The fraction of sp³-hybridized carbons (Fsp3) is 0.722. The predicted molar refractivity (Wildman–Crippen MR) is 105 cm³/mol. The number of halogens is 1. The summed E-state index contributed by atoms with van der Waals surface area (Å²) in [6.45, 7) is 10.7. The Morgan fingerprint density at radius 3 is 2.71 bits per heavy atom. The third kappa shape index (κ3) is 5.81. The molecule has 1 atom stereocenters. The average Bonchev–Trinajstić information content (AvgIpc) is 3.13. The zero-order valence-electron chi connectivity index (χ0n) is 15.6. The largest absolute Gasteiger partial charge is 0.357 e. The van der Waals surface area contributed by atoms with Gasteiger partial charge in [-0.1, -0.05) is 6.92 Å². The van der Waals surface area contributed by atoms with E-state index in [1.165, 1.54) is 31.6 Å². The normalized spacial score (nSPS) is 17.3. The van der Waals surface area contributed by atoms with Gasteiger partial charge in [0.25, 0.3) is 0 Å². The van der Waals surface area contributed by atoms with Crippen molar-refractivity contribution in [3.63, 3.8) is 0 Å². The molecular formula is C18H32BrN5. The van der Waals surface area contributed by atoms with Crippen molar-refractivity contribution in [1.82, 2.24) is 19.7 Å². The van der Waals surface area contributed by atoms with Crippen LogP contribution in [0.25, 0.3) is 0 Å². The van der Waals surface area contributed by atoms with Crippen LogP contribution in [-0.2, 0) is 13.6 Å². The maximum Gasteiger partial charge on any atom is 0.194 e. The average molecular weight is 398 g/mol. The van der Waals surface area contributed by atoms with Crippen LogP contribution in [-0.4, -0.2) is 60.1 Å². The summed E-state index contributed by atoms with van der Waals surface area (Å²) >= 11 is 3.54. The lowest BCUT2D eigenvalue weighted by Gasteiger charge is -2.24. The molecule has 0 saturated carbocycles. The smallest absolute Gasteiger partial charge is 0.194 e. The molecule has 0 aliphatic carbocycles. The van der Waals surface area contributed by atoms with E-state index in [1.54, 1.807) is 0 Å². The van der Waals surface area contributed by atoms with Crippen molar-refractivity contribution in [2.75, 3.05) is 39.8 Å². The standard InChI is InChI=1S/C18H32BrN5/c1-5-20-18(21-11-15(2)12-24-8-6-7-9-24)23(4)14-17-10-16(19)13-22(17)3/h10,13,15H,5-9,11-12,14H2,1-4H3,(H,20,21). The van der Waals surface area contributed by atoms with Crippen LogP contribution < -0.4 is 5.32 Å². The van der Waals surface area contributed by atoms with Crippen molar-refractivity contribution in [3.05, 3.63) is 22.4 Å². The molecule has 2 rings (SSSR count). The van der Waals surface area contributed by atoms with E-state index in [0.29, 0.717) is 5.92 Å². The first-order valence-corrected chi connectivity index (χ1v) is 9.81. The van der Waals surface area contributed by atoms with Crippen molar-refractivity contribution < 1.29 is 0 Å². The molecule has 24 heavy (non-hydrogen) atoms. The van der Waals surface area contributed by atoms with Gasteiger partial charge in [0.05, 0.1) is 6.54 Å². The number of aliphatic imine (C=N–C) groups is 1. The molecule has 1 N–H and O–H groups in total. The molecule has 5 nitrogen and oxygen atoms in total. The molecular weight excluding hydrogens is 366 g/mol. The molecule has 1 aliphatic rings. The summed E-state index contributed by atoms with van der Waals surface area (Å²) in [5, 5.41) is 3.42. The predicted octanol–water partition coefficient (Wildman–Crippen LogP) is 2.92. The molecule has 136 valence electrons. The second kappa shape index (κ2) is 9.47. The SMILES string of the molecule is CCNC(=NCC(C)CN1CCCC1)N(C)Cc1cc(Br)cn1C. The monoisotopic (exact) mass is 397 g/mol. The Balaban J connectivity index is 1.91. The molecule has 0 bridgehead atoms. The molecule has 1 aliphatic heterocycles. The van der Waals surface area contributed by atoms with E-state index in [2.05, 4.69) is 75.8 Å². The van der Waals surface area contributed by atoms with Gasteiger partial charge in [-0.3, -0.25) is 4.99 Å². The summed E-state index contributed by atoms with van der Waals surface area (Å²) in [6, 6.07) is 2.16. The number of nitrogens with one attached hydrogen (secondary N) is 1. The number of hydrogen-bond donors (Lipinski definition) is 1. The summed E-state index contributed by atoms with van der Waals surface area (Å²) in [5.74, 6) is 1.58. The van der Waals surface area contributed by atoms with Gasteiger partial charge in [-0.25, -0.2) is 0 Å². The first-order chi connectivity index (χ1) is 11.5. The minimum Gasteiger partial charge on any atom is -0.357 e. The third-order valence-corrected chi connectivity index (χ3v) is 4.93. The van der Waals surface area contributed by atoms with Crippen LogP contribution in [0.2, 0.25) is 0 Å². The Labute approximate surface area is 155 Å². The van der Waals surface area contributed by atoms with Crippen LogP contribution in [0.15, 0.2) is 21.7 Å². The summed E-state index contributed by atoms with van der Waals surface area (Å²) in [5.41, 5.74) is 1.26. The molecule has 1 unspecified atom stereocenters. The fourth-order valence-corrected chi connectivity index (χ4v) is 3.79. The molecule has 0 aromatic carbocycles. The van der Waals surface area contributed by atoms with Gasteiger partial charge in [0.15, 0.2) is 5.96 Å². The minimum atomic E-state index is 0.592. The van der Waals surface area contributed by atoms with Crippen LogP contribution >= 0.6 is 15.9 Å². The lowest BCUT2D eigenvalue weighted by atomic mass is 10.2. The second-order valence-electron chi connectivity index (χ2n) is 6.92. The summed E-state index contributed by atoms with van der Waals surface area (Å²) in [7, 11) is 4.18. The summed E-state index contributed by atoms with van der Waals surface area (Å²) in [4.78, 5) is 9.64. The number of hydrogen-bond acceptors (Lipinski definition) is 2. The Kier molecular flexibility index (Phi) is 7.62. The maximum absolute atomic E-state index is 4.87. The Morgan fingerprint density at radius 1 is 1.42 bits per heavy atom. The Bertz CT molecular complexity index is 534. The van der Waals surface area contributed by atoms with Gasteiger partial charge in [0.1, 0.15) is 0 Å².